The second kappa shape index (κ2) is 9.43. The predicted octanol–water partition coefficient (Wildman–Crippen LogP) is 3.05. The lowest BCUT2D eigenvalue weighted by molar-refractivity contribution is 0.102. The quantitative estimate of drug-likeness (QED) is 0.738. The van der Waals surface area contributed by atoms with E-state index in [0.29, 0.717) is 18.1 Å². The number of amides is 2. The maximum atomic E-state index is 12.6. The van der Waals surface area contributed by atoms with E-state index >= 15 is 0 Å². The number of fused-ring (bicyclic) bond motifs is 3. The lowest BCUT2D eigenvalue weighted by atomic mass is 9.89. The van der Waals surface area contributed by atoms with Crippen LogP contribution in [0.25, 0.3) is 0 Å². The van der Waals surface area contributed by atoms with Gasteiger partial charge in [0.05, 0.1) is 17.8 Å². The molecule has 0 saturated carbocycles. The van der Waals surface area contributed by atoms with Crippen LogP contribution in [0.2, 0.25) is 0 Å². The van der Waals surface area contributed by atoms with Crippen molar-refractivity contribution in [1.82, 2.24) is 25.0 Å². The zero-order valence-electron chi connectivity index (χ0n) is 21.1. The van der Waals surface area contributed by atoms with Crippen LogP contribution in [-0.4, -0.2) is 84.6 Å². The van der Waals surface area contributed by atoms with Gasteiger partial charge in [0, 0.05) is 64.2 Å². The second-order valence-corrected chi connectivity index (χ2v) is 10.9. The van der Waals surface area contributed by atoms with Gasteiger partial charge in [-0.1, -0.05) is 18.2 Å². The van der Waals surface area contributed by atoms with Gasteiger partial charge in [0.2, 0.25) is 0 Å². The molecule has 4 heterocycles. The van der Waals surface area contributed by atoms with Crippen molar-refractivity contribution in [1.29, 1.82) is 0 Å². The van der Waals surface area contributed by atoms with Crippen molar-refractivity contribution in [3.8, 4) is 0 Å². The highest BCUT2D eigenvalue weighted by molar-refractivity contribution is 5.76. The molecule has 7 heteroatoms. The average molecular weight is 475 g/mol. The summed E-state index contributed by atoms with van der Waals surface area (Å²) in [6.45, 7) is 5.47. The minimum atomic E-state index is 0.196. The van der Waals surface area contributed by atoms with Crippen LogP contribution < -0.4 is 10.2 Å². The third kappa shape index (κ3) is 4.29. The largest absolute Gasteiger partial charge is 0.367 e. The lowest BCUT2D eigenvalue weighted by Gasteiger charge is -2.47. The van der Waals surface area contributed by atoms with Crippen molar-refractivity contribution in [3.63, 3.8) is 0 Å². The zero-order chi connectivity index (χ0) is 23.9. The molecule has 186 valence electrons. The monoisotopic (exact) mass is 474 g/mol. The second-order valence-electron chi connectivity index (χ2n) is 10.9. The van der Waals surface area contributed by atoms with Crippen molar-refractivity contribution >= 4 is 11.7 Å². The van der Waals surface area contributed by atoms with Crippen LogP contribution >= 0.6 is 0 Å². The molecule has 4 aliphatic rings. The van der Waals surface area contributed by atoms with E-state index < -0.39 is 0 Å². The van der Waals surface area contributed by atoms with Gasteiger partial charge in [0.25, 0.3) is 0 Å². The first-order chi connectivity index (χ1) is 17.1. The first-order valence-electron chi connectivity index (χ1n) is 13.3. The van der Waals surface area contributed by atoms with Gasteiger partial charge in [-0.15, -0.1) is 0 Å². The molecular formula is C28H38N6O. The molecule has 0 bridgehead atoms. The lowest BCUT2D eigenvalue weighted by Crippen LogP contribution is -2.61. The van der Waals surface area contributed by atoms with Gasteiger partial charge in [-0.3, -0.25) is 9.88 Å². The molecule has 3 atom stereocenters. The summed E-state index contributed by atoms with van der Waals surface area (Å²) in [5, 5.41) is 3.82. The fourth-order valence-electron chi connectivity index (χ4n) is 6.74. The Labute approximate surface area is 209 Å². The highest BCUT2D eigenvalue weighted by Gasteiger charge is 2.37. The number of urea groups is 1. The van der Waals surface area contributed by atoms with Crippen LogP contribution in [0.15, 0.2) is 36.5 Å². The van der Waals surface area contributed by atoms with Crippen LogP contribution in [0.1, 0.15) is 47.7 Å². The topological polar surface area (TPSA) is 55.0 Å². The van der Waals surface area contributed by atoms with Crippen LogP contribution in [0.5, 0.6) is 0 Å². The Kier molecular flexibility index (Phi) is 6.14. The number of aryl methyl sites for hydroxylation is 1. The number of rotatable bonds is 4. The van der Waals surface area contributed by atoms with Crippen molar-refractivity contribution in [2.45, 2.75) is 56.8 Å². The van der Waals surface area contributed by atoms with Crippen molar-refractivity contribution < 1.29 is 4.79 Å². The van der Waals surface area contributed by atoms with E-state index in [2.05, 4.69) is 57.4 Å². The van der Waals surface area contributed by atoms with E-state index in [4.69, 9.17) is 4.98 Å². The fourth-order valence-corrected chi connectivity index (χ4v) is 6.74. The van der Waals surface area contributed by atoms with Crippen molar-refractivity contribution in [3.05, 3.63) is 58.9 Å². The smallest absolute Gasteiger partial charge is 0.320 e. The van der Waals surface area contributed by atoms with E-state index in [-0.39, 0.29) is 6.03 Å². The number of hydrogen-bond donors (Lipinski definition) is 1. The maximum Gasteiger partial charge on any atom is 0.320 e. The predicted molar refractivity (Wildman–Crippen MR) is 139 cm³/mol. The maximum absolute atomic E-state index is 12.6. The number of hydrogen-bond acceptors (Lipinski definition) is 5. The summed E-state index contributed by atoms with van der Waals surface area (Å²) >= 11 is 0. The molecule has 1 aromatic carbocycles. The number of anilines is 1. The van der Waals surface area contributed by atoms with Gasteiger partial charge in [-0.05, 0) is 68.0 Å². The molecule has 1 N–H and O–H groups in total. The molecule has 35 heavy (non-hydrogen) atoms. The standard InChI is InChI=1S/C28H38N6O/c1-31-13-11-23-19-33(14-15-34(23)28(31)35)25-9-4-7-21-17-30-22(16-24(21)25)18-32(2)26-10-3-6-20-8-5-12-29-27(20)26/h4-5,7-9,12,22-23,26,30H,3,6,10-11,13-19H2,1-2H3/t22-,23+,26+/m1/s1. The molecule has 3 aliphatic heterocycles. The summed E-state index contributed by atoms with van der Waals surface area (Å²) in [5.41, 5.74) is 7.01. The minimum absolute atomic E-state index is 0.196. The first-order valence-corrected chi connectivity index (χ1v) is 13.3. The third-order valence-electron chi connectivity index (χ3n) is 8.68. The summed E-state index contributed by atoms with van der Waals surface area (Å²) in [6, 6.07) is 12.5. The normalized spacial score (nSPS) is 26.4. The van der Waals surface area contributed by atoms with E-state index in [9.17, 15) is 4.79 Å². The third-order valence-corrected chi connectivity index (χ3v) is 8.68. The number of benzene rings is 1. The van der Waals surface area contributed by atoms with E-state index in [1.165, 1.54) is 40.9 Å². The van der Waals surface area contributed by atoms with Crippen LogP contribution in [0, 0.1) is 0 Å². The van der Waals surface area contributed by atoms with E-state index in [1.54, 1.807) is 0 Å². The summed E-state index contributed by atoms with van der Waals surface area (Å²) < 4.78 is 0. The fraction of sp³-hybridized carbons (Fsp3) is 0.571. The molecule has 2 amide bonds. The Bertz CT molecular complexity index is 1090. The summed E-state index contributed by atoms with van der Waals surface area (Å²) in [6.07, 6.45) is 7.63. The molecule has 6 rings (SSSR count). The Morgan fingerprint density at radius 1 is 1.11 bits per heavy atom. The number of carbonyl (C=O) groups is 1. The number of nitrogens with one attached hydrogen (secondary N) is 1. The number of likely N-dealkylation sites (N-methyl/N-ethyl adjacent to an activating group) is 1. The summed E-state index contributed by atoms with van der Waals surface area (Å²) in [5.74, 6) is 0. The molecule has 2 fully saturated rings. The summed E-state index contributed by atoms with van der Waals surface area (Å²) in [7, 11) is 4.19. The SMILES string of the molecule is CN1CC[C@H]2CN(c3cccc4c3C[C@H](CN(C)[C@H]3CCCc5cccnc53)NC4)CCN2C1=O. The number of nitrogens with zero attached hydrogens (tertiary/aromatic N) is 5. The van der Waals surface area contributed by atoms with E-state index in [0.717, 1.165) is 58.5 Å². The Balaban J connectivity index is 1.17. The molecule has 1 aromatic heterocycles. The van der Waals surface area contributed by atoms with Crippen molar-refractivity contribution in [2.75, 3.05) is 51.7 Å². The van der Waals surface area contributed by atoms with Gasteiger partial charge in [-0.25, -0.2) is 4.79 Å². The van der Waals surface area contributed by atoms with Gasteiger partial charge in [0.1, 0.15) is 0 Å². The Morgan fingerprint density at radius 3 is 2.91 bits per heavy atom. The molecule has 0 unspecified atom stereocenters. The minimum Gasteiger partial charge on any atom is -0.367 e. The van der Waals surface area contributed by atoms with Gasteiger partial charge in [-0.2, -0.15) is 0 Å². The number of aromatic nitrogens is 1. The molecule has 0 radical (unpaired) electrons. The molecule has 2 aromatic rings. The average Bonchev–Trinajstić information content (AvgIpc) is 2.90. The molecule has 1 aliphatic carbocycles. The Hall–Kier alpha value is -2.64. The molecule has 2 saturated heterocycles. The molecular weight excluding hydrogens is 436 g/mol. The van der Waals surface area contributed by atoms with Gasteiger partial charge < -0.3 is 20.0 Å². The highest BCUT2D eigenvalue weighted by Crippen LogP contribution is 2.34. The zero-order valence-corrected chi connectivity index (χ0v) is 21.1. The van der Waals surface area contributed by atoms with E-state index in [1.807, 2.05) is 18.1 Å². The number of carbonyl (C=O) groups excluding carboxylic acids is 1. The van der Waals surface area contributed by atoms with Crippen LogP contribution in [0.4, 0.5) is 10.5 Å². The molecule has 7 nitrogen and oxygen atoms in total. The van der Waals surface area contributed by atoms with Crippen LogP contribution in [0.3, 0.4) is 0 Å². The van der Waals surface area contributed by atoms with Gasteiger partial charge in [0.15, 0.2) is 0 Å². The number of pyridine rings is 1. The van der Waals surface area contributed by atoms with Gasteiger partial charge >= 0.3 is 6.03 Å². The first kappa shape index (κ1) is 22.8. The number of piperazine rings is 1. The highest BCUT2D eigenvalue weighted by atomic mass is 16.2. The molecule has 0 spiro atoms. The summed E-state index contributed by atoms with van der Waals surface area (Å²) in [4.78, 5) is 26.4. The Morgan fingerprint density at radius 2 is 2.00 bits per heavy atom. The van der Waals surface area contributed by atoms with Crippen LogP contribution in [-0.2, 0) is 19.4 Å². The van der Waals surface area contributed by atoms with Crippen molar-refractivity contribution in [2.24, 2.45) is 0 Å².